The Morgan fingerprint density at radius 1 is 1.37 bits per heavy atom. The van der Waals surface area contributed by atoms with Crippen LogP contribution in [-0.2, 0) is 11.3 Å². The molecule has 2 aromatic rings. The number of nitrogens with zero attached hydrogens (tertiary/aromatic N) is 3. The smallest absolute Gasteiger partial charge is 0.223 e. The van der Waals surface area contributed by atoms with E-state index in [1.807, 2.05) is 35.5 Å². The lowest BCUT2D eigenvalue weighted by atomic mass is 10.1. The Morgan fingerprint density at radius 3 is 3.00 bits per heavy atom. The van der Waals surface area contributed by atoms with Crippen molar-refractivity contribution in [1.29, 1.82) is 0 Å². The van der Waals surface area contributed by atoms with E-state index in [4.69, 9.17) is 6.42 Å². The Balaban J connectivity index is 1.70. The summed E-state index contributed by atoms with van der Waals surface area (Å²) in [5, 5.41) is 0. The van der Waals surface area contributed by atoms with Gasteiger partial charge in [-0.2, -0.15) is 0 Å². The minimum atomic E-state index is 0.0760. The highest BCUT2D eigenvalue weighted by Gasteiger charge is 2.27. The fraction of sp³-hybridized carbons (Fsp3) is 0.333. The van der Waals surface area contributed by atoms with E-state index in [2.05, 4.69) is 15.5 Å². The van der Waals surface area contributed by atoms with Gasteiger partial charge in [-0.15, -0.1) is 12.3 Å². The lowest BCUT2D eigenvalue weighted by Crippen LogP contribution is -2.28. The summed E-state index contributed by atoms with van der Waals surface area (Å²) < 4.78 is 2.08. The second-order valence-electron chi connectivity index (χ2n) is 4.83. The first-order valence-electron chi connectivity index (χ1n) is 6.41. The fourth-order valence-corrected chi connectivity index (χ4v) is 2.52. The van der Waals surface area contributed by atoms with Crippen LogP contribution in [0.5, 0.6) is 0 Å². The summed E-state index contributed by atoms with van der Waals surface area (Å²) in [7, 11) is 0. The quantitative estimate of drug-likeness (QED) is 0.778. The lowest BCUT2D eigenvalue weighted by Gasteiger charge is -2.16. The van der Waals surface area contributed by atoms with Crippen LogP contribution in [0.2, 0.25) is 0 Å². The second kappa shape index (κ2) is 4.77. The van der Waals surface area contributed by atoms with Crippen molar-refractivity contribution < 1.29 is 4.79 Å². The van der Waals surface area contributed by atoms with Crippen molar-refractivity contribution in [2.24, 2.45) is 5.92 Å². The monoisotopic (exact) mass is 253 g/mol. The van der Waals surface area contributed by atoms with Crippen molar-refractivity contribution in [1.82, 2.24) is 14.5 Å². The molecule has 4 nitrogen and oxygen atoms in total. The summed E-state index contributed by atoms with van der Waals surface area (Å²) in [4.78, 5) is 18.0. The molecule has 2 heterocycles. The van der Waals surface area contributed by atoms with Crippen LogP contribution in [0.4, 0.5) is 0 Å². The van der Waals surface area contributed by atoms with Gasteiger partial charge in [0.15, 0.2) is 0 Å². The van der Waals surface area contributed by atoms with Crippen LogP contribution < -0.4 is 0 Å². The molecule has 0 saturated carbocycles. The molecule has 1 aromatic carbocycles. The van der Waals surface area contributed by atoms with Crippen LogP contribution in [0.1, 0.15) is 6.42 Å². The SMILES string of the molecule is C#CC1CC(=O)N(CCn2cnc3ccccc32)C1. The van der Waals surface area contributed by atoms with E-state index >= 15 is 0 Å². The molecule has 1 unspecified atom stereocenters. The first kappa shape index (κ1) is 11.8. The van der Waals surface area contributed by atoms with Gasteiger partial charge in [0.05, 0.1) is 17.4 Å². The molecular weight excluding hydrogens is 238 g/mol. The molecule has 96 valence electrons. The number of imidazole rings is 1. The minimum absolute atomic E-state index is 0.0760. The van der Waals surface area contributed by atoms with E-state index in [-0.39, 0.29) is 11.8 Å². The zero-order valence-electron chi connectivity index (χ0n) is 10.6. The summed E-state index contributed by atoms with van der Waals surface area (Å²) in [6, 6.07) is 8.00. The maximum Gasteiger partial charge on any atom is 0.223 e. The van der Waals surface area contributed by atoms with Crippen molar-refractivity contribution in [2.75, 3.05) is 13.1 Å². The van der Waals surface area contributed by atoms with Gasteiger partial charge in [-0.05, 0) is 12.1 Å². The summed E-state index contributed by atoms with van der Waals surface area (Å²) in [5.74, 6) is 2.90. The molecule has 4 heteroatoms. The van der Waals surface area contributed by atoms with Gasteiger partial charge in [-0.25, -0.2) is 4.98 Å². The summed E-state index contributed by atoms with van der Waals surface area (Å²) in [6.45, 7) is 2.13. The van der Waals surface area contributed by atoms with Gasteiger partial charge >= 0.3 is 0 Å². The standard InChI is InChI=1S/C15H15N3O/c1-2-12-9-15(19)17(10-12)7-8-18-11-16-13-5-3-4-6-14(13)18/h1,3-6,11-12H,7-10H2. The fourth-order valence-electron chi connectivity index (χ4n) is 2.52. The molecule has 0 spiro atoms. The predicted molar refractivity (Wildman–Crippen MR) is 73.3 cm³/mol. The molecule has 1 aliphatic rings. The van der Waals surface area contributed by atoms with E-state index in [0.29, 0.717) is 19.5 Å². The molecular formula is C15H15N3O. The second-order valence-corrected chi connectivity index (χ2v) is 4.83. The Labute approximate surface area is 112 Å². The average Bonchev–Trinajstić information content (AvgIpc) is 3.00. The van der Waals surface area contributed by atoms with E-state index < -0.39 is 0 Å². The maximum absolute atomic E-state index is 11.8. The van der Waals surface area contributed by atoms with Crippen molar-refractivity contribution in [3.63, 3.8) is 0 Å². The molecule has 1 amide bonds. The predicted octanol–water partition coefficient (Wildman–Crippen LogP) is 1.52. The van der Waals surface area contributed by atoms with Crippen molar-refractivity contribution in [2.45, 2.75) is 13.0 Å². The number of likely N-dealkylation sites (tertiary alicyclic amines) is 1. The zero-order chi connectivity index (χ0) is 13.2. The number of rotatable bonds is 3. The molecule has 1 atom stereocenters. The van der Waals surface area contributed by atoms with Gasteiger partial charge in [-0.3, -0.25) is 4.79 Å². The number of hydrogen-bond acceptors (Lipinski definition) is 2. The highest BCUT2D eigenvalue weighted by molar-refractivity contribution is 5.79. The van der Waals surface area contributed by atoms with Crippen LogP contribution in [0, 0.1) is 18.3 Å². The van der Waals surface area contributed by atoms with E-state index in [9.17, 15) is 4.79 Å². The average molecular weight is 253 g/mol. The highest BCUT2D eigenvalue weighted by Crippen LogP contribution is 2.17. The van der Waals surface area contributed by atoms with Crippen LogP contribution in [0.15, 0.2) is 30.6 Å². The third kappa shape index (κ3) is 2.19. The lowest BCUT2D eigenvalue weighted by molar-refractivity contribution is -0.127. The number of carbonyl (C=O) groups is 1. The van der Waals surface area contributed by atoms with E-state index in [0.717, 1.165) is 17.6 Å². The Bertz CT molecular complexity index is 653. The van der Waals surface area contributed by atoms with Crippen molar-refractivity contribution >= 4 is 16.9 Å². The molecule has 0 radical (unpaired) electrons. The van der Waals surface area contributed by atoms with Crippen LogP contribution in [0.25, 0.3) is 11.0 Å². The number of carbonyl (C=O) groups excluding carboxylic acids is 1. The first-order chi connectivity index (χ1) is 9.28. The van der Waals surface area contributed by atoms with Gasteiger partial charge < -0.3 is 9.47 Å². The molecule has 1 saturated heterocycles. The molecule has 3 rings (SSSR count). The number of benzene rings is 1. The summed E-state index contributed by atoms with van der Waals surface area (Å²) in [5.41, 5.74) is 2.08. The minimum Gasteiger partial charge on any atom is -0.340 e. The van der Waals surface area contributed by atoms with Gasteiger partial charge in [0, 0.05) is 32.0 Å². The van der Waals surface area contributed by atoms with Crippen LogP contribution in [-0.4, -0.2) is 33.4 Å². The van der Waals surface area contributed by atoms with E-state index in [1.165, 1.54) is 0 Å². The normalized spacial score (nSPS) is 19.0. The van der Waals surface area contributed by atoms with Crippen LogP contribution >= 0.6 is 0 Å². The number of fused-ring (bicyclic) bond motifs is 1. The highest BCUT2D eigenvalue weighted by atomic mass is 16.2. The number of amides is 1. The van der Waals surface area contributed by atoms with E-state index in [1.54, 1.807) is 0 Å². The number of terminal acetylenes is 1. The summed E-state index contributed by atoms with van der Waals surface area (Å²) in [6.07, 6.45) is 7.69. The van der Waals surface area contributed by atoms with Crippen molar-refractivity contribution in [3.8, 4) is 12.3 Å². The third-order valence-corrected chi connectivity index (χ3v) is 3.59. The number of hydrogen-bond donors (Lipinski definition) is 0. The summed E-state index contributed by atoms with van der Waals surface area (Å²) >= 11 is 0. The van der Waals surface area contributed by atoms with Crippen LogP contribution in [0.3, 0.4) is 0 Å². The number of para-hydroxylation sites is 2. The first-order valence-corrected chi connectivity index (χ1v) is 6.41. The number of aromatic nitrogens is 2. The Hall–Kier alpha value is -2.28. The topological polar surface area (TPSA) is 38.1 Å². The van der Waals surface area contributed by atoms with Gasteiger partial charge in [0.1, 0.15) is 0 Å². The molecule has 19 heavy (non-hydrogen) atoms. The van der Waals surface area contributed by atoms with Gasteiger partial charge in [0.25, 0.3) is 0 Å². The largest absolute Gasteiger partial charge is 0.340 e. The van der Waals surface area contributed by atoms with Gasteiger partial charge in [0.2, 0.25) is 5.91 Å². The molecule has 0 aliphatic carbocycles. The Kier molecular flexibility index (Phi) is 2.96. The third-order valence-electron chi connectivity index (χ3n) is 3.59. The Morgan fingerprint density at radius 2 is 2.21 bits per heavy atom. The molecule has 0 bridgehead atoms. The zero-order valence-corrected chi connectivity index (χ0v) is 10.6. The molecule has 1 fully saturated rings. The molecule has 0 N–H and O–H groups in total. The maximum atomic E-state index is 11.8. The molecule has 1 aromatic heterocycles. The van der Waals surface area contributed by atoms with Gasteiger partial charge in [-0.1, -0.05) is 12.1 Å². The van der Waals surface area contributed by atoms with Crippen molar-refractivity contribution in [3.05, 3.63) is 30.6 Å². The molecule has 1 aliphatic heterocycles.